The van der Waals surface area contributed by atoms with Crippen molar-refractivity contribution in [2.45, 2.75) is 40.2 Å². The second kappa shape index (κ2) is 6.78. The van der Waals surface area contributed by atoms with E-state index >= 15 is 0 Å². The van der Waals surface area contributed by atoms with Crippen LogP contribution < -0.4 is 5.32 Å². The van der Waals surface area contributed by atoms with Crippen molar-refractivity contribution in [1.29, 1.82) is 0 Å². The van der Waals surface area contributed by atoms with Crippen molar-refractivity contribution in [1.82, 2.24) is 20.1 Å². The molecule has 6 heteroatoms. The van der Waals surface area contributed by atoms with Crippen molar-refractivity contribution in [2.75, 3.05) is 5.32 Å². The van der Waals surface area contributed by atoms with Gasteiger partial charge in [0, 0.05) is 29.2 Å². The molecule has 3 aromatic rings. The van der Waals surface area contributed by atoms with Crippen molar-refractivity contribution < 1.29 is 4.52 Å². The molecule has 0 saturated carbocycles. The van der Waals surface area contributed by atoms with Gasteiger partial charge in [-0.05, 0) is 45.4 Å². The van der Waals surface area contributed by atoms with Gasteiger partial charge in [-0.25, -0.2) is 9.97 Å². The average Bonchev–Trinajstić information content (AvgIpc) is 3.04. The number of pyridine rings is 1. The molecule has 1 N–H and O–H groups in total. The quantitative estimate of drug-likeness (QED) is 0.768. The van der Waals surface area contributed by atoms with E-state index in [4.69, 9.17) is 4.52 Å². The number of aryl methyl sites for hydroxylation is 3. The lowest BCUT2D eigenvalue weighted by molar-refractivity contribution is 0.368. The van der Waals surface area contributed by atoms with Crippen LogP contribution in [0.1, 0.15) is 42.7 Å². The topological polar surface area (TPSA) is 76.7 Å². The molecule has 0 amide bonds. The van der Waals surface area contributed by atoms with Gasteiger partial charge in [0.05, 0.1) is 17.4 Å². The Labute approximate surface area is 141 Å². The predicted molar refractivity (Wildman–Crippen MR) is 92.7 cm³/mol. The Morgan fingerprint density at radius 1 is 1.17 bits per heavy atom. The Bertz CT molecular complexity index is 843. The maximum Gasteiger partial charge on any atom is 0.223 e. The van der Waals surface area contributed by atoms with Crippen LogP contribution in [0, 0.1) is 13.8 Å². The van der Waals surface area contributed by atoms with Gasteiger partial charge in [-0.3, -0.25) is 4.98 Å². The highest BCUT2D eigenvalue weighted by Gasteiger charge is 2.14. The van der Waals surface area contributed by atoms with E-state index in [1.54, 1.807) is 6.20 Å². The molecule has 0 fully saturated rings. The summed E-state index contributed by atoms with van der Waals surface area (Å²) in [6.07, 6.45) is 2.59. The third-order valence-electron chi connectivity index (χ3n) is 3.87. The Morgan fingerprint density at radius 3 is 2.71 bits per heavy atom. The number of nitrogens with one attached hydrogen (secondary N) is 1. The van der Waals surface area contributed by atoms with Gasteiger partial charge in [-0.2, -0.15) is 0 Å². The first kappa shape index (κ1) is 16.1. The lowest BCUT2D eigenvalue weighted by Crippen LogP contribution is -2.09. The minimum atomic E-state index is -0.0645. The molecule has 124 valence electrons. The summed E-state index contributed by atoms with van der Waals surface area (Å²) in [6.45, 7) is 8.01. The molecule has 6 nitrogen and oxygen atoms in total. The molecule has 0 aliphatic rings. The molecular formula is C18H21N5O. The van der Waals surface area contributed by atoms with Gasteiger partial charge in [0.1, 0.15) is 0 Å². The molecule has 0 saturated heterocycles. The summed E-state index contributed by atoms with van der Waals surface area (Å²) >= 11 is 0. The number of nitrogens with zero attached hydrogens (tertiary/aromatic N) is 4. The summed E-state index contributed by atoms with van der Waals surface area (Å²) in [5.41, 5.74) is 4.74. The van der Waals surface area contributed by atoms with Crippen LogP contribution in [0.15, 0.2) is 35.0 Å². The van der Waals surface area contributed by atoms with E-state index in [0.29, 0.717) is 5.95 Å². The maximum atomic E-state index is 5.36. The van der Waals surface area contributed by atoms with Gasteiger partial charge in [-0.1, -0.05) is 12.1 Å². The molecule has 1 atom stereocenters. The van der Waals surface area contributed by atoms with Gasteiger partial charge >= 0.3 is 0 Å². The van der Waals surface area contributed by atoms with Crippen molar-refractivity contribution in [2.24, 2.45) is 0 Å². The van der Waals surface area contributed by atoms with E-state index in [0.717, 1.165) is 40.5 Å². The van der Waals surface area contributed by atoms with Crippen LogP contribution in [-0.4, -0.2) is 20.1 Å². The minimum Gasteiger partial charge on any atom is -0.359 e. The molecule has 0 bridgehead atoms. The highest BCUT2D eigenvalue weighted by Crippen LogP contribution is 2.23. The van der Waals surface area contributed by atoms with E-state index in [1.165, 1.54) is 0 Å². The molecule has 0 radical (unpaired) electrons. The Morgan fingerprint density at radius 2 is 2.00 bits per heavy atom. The zero-order valence-electron chi connectivity index (χ0n) is 14.4. The van der Waals surface area contributed by atoms with Crippen molar-refractivity contribution in [3.63, 3.8) is 0 Å². The Hall–Kier alpha value is -2.76. The minimum absolute atomic E-state index is 0.0645. The molecule has 0 aliphatic heterocycles. The van der Waals surface area contributed by atoms with Crippen LogP contribution in [-0.2, 0) is 6.42 Å². The van der Waals surface area contributed by atoms with E-state index in [9.17, 15) is 0 Å². The van der Waals surface area contributed by atoms with Crippen LogP contribution in [0.5, 0.6) is 0 Å². The molecule has 3 aromatic heterocycles. The number of anilines is 1. The first-order valence-corrected chi connectivity index (χ1v) is 8.06. The fourth-order valence-electron chi connectivity index (χ4n) is 2.50. The lowest BCUT2D eigenvalue weighted by Gasteiger charge is -2.12. The van der Waals surface area contributed by atoms with Gasteiger partial charge in [0.2, 0.25) is 5.95 Å². The normalized spacial score (nSPS) is 12.2. The van der Waals surface area contributed by atoms with Crippen molar-refractivity contribution >= 4 is 5.95 Å². The zero-order chi connectivity index (χ0) is 17.1. The monoisotopic (exact) mass is 323 g/mol. The summed E-state index contributed by atoms with van der Waals surface area (Å²) in [6, 6.07) is 7.80. The largest absolute Gasteiger partial charge is 0.359 e. The van der Waals surface area contributed by atoms with E-state index in [1.807, 2.05) is 52.0 Å². The third-order valence-corrected chi connectivity index (χ3v) is 3.87. The molecule has 3 rings (SSSR count). The summed E-state index contributed by atoms with van der Waals surface area (Å²) in [5, 5.41) is 7.28. The number of hydrogen-bond acceptors (Lipinski definition) is 6. The fourth-order valence-corrected chi connectivity index (χ4v) is 2.50. The van der Waals surface area contributed by atoms with Crippen molar-refractivity contribution in [3.05, 3.63) is 53.3 Å². The van der Waals surface area contributed by atoms with Gasteiger partial charge in [0.25, 0.3) is 0 Å². The van der Waals surface area contributed by atoms with Crippen LogP contribution in [0.25, 0.3) is 11.3 Å². The SMILES string of the molecule is CCc1cc([C@@H](C)Nc2nccc(-c3ccc(C)nc3C)n2)on1. The van der Waals surface area contributed by atoms with Crippen LogP contribution in [0.4, 0.5) is 5.95 Å². The van der Waals surface area contributed by atoms with Gasteiger partial charge < -0.3 is 9.84 Å². The number of rotatable bonds is 5. The summed E-state index contributed by atoms with van der Waals surface area (Å²) in [4.78, 5) is 13.4. The Balaban J connectivity index is 1.82. The molecular weight excluding hydrogens is 302 g/mol. The molecule has 0 aliphatic carbocycles. The second-order valence-corrected chi connectivity index (χ2v) is 5.79. The second-order valence-electron chi connectivity index (χ2n) is 5.79. The fraction of sp³-hybridized carbons (Fsp3) is 0.333. The van der Waals surface area contributed by atoms with Crippen LogP contribution in [0.3, 0.4) is 0 Å². The van der Waals surface area contributed by atoms with E-state index in [2.05, 4.69) is 25.4 Å². The standard InChI is InChI=1S/C18H21N5O/c1-5-14-10-17(24-23-14)13(4)21-18-19-9-8-16(22-18)15-7-6-11(2)20-12(15)3/h6-10,13H,5H2,1-4H3,(H,19,21,22)/t13-/m1/s1. The summed E-state index contributed by atoms with van der Waals surface area (Å²) in [5.74, 6) is 1.32. The predicted octanol–water partition coefficient (Wildman–Crippen LogP) is 3.88. The van der Waals surface area contributed by atoms with Crippen LogP contribution in [0.2, 0.25) is 0 Å². The smallest absolute Gasteiger partial charge is 0.223 e. The average molecular weight is 323 g/mol. The van der Waals surface area contributed by atoms with Crippen LogP contribution >= 0.6 is 0 Å². The van der Waals surface area contributed by atoms with Crippen molar-refractivity contribution in [3.8, 4) is 11.3 Å². The lowest BCUT2D eigenvalue weighted by atomic mass is 10.1. The number of hydrogen-bond donors (Lipinski definition) is 1. The first-order chi connectivity index (χ1) is 11.6. The van der Waals surface area contributed by atoms with Gasteiger partial charge in [0.15, 0.2) is 5.76 Å². The number of aromatic nitrogens is 4. The molecule has 24 heavy (non-hydrogen) atoms. The zero-order valence-corrected chi connectivity index (χ0v) is 14.4. The maximum absolute atomic E-state index is 5.36. The van der Waals surface area contributed by atoms with E-state index < -0.39 is 0 Å². The first-order valence-electron chi connectivity index (χ1n) is 8.06. The summed E-state index contributed by atoms with van der Waals surface area (Å²) in [7, 11) is 0. The Kier molecular flexibility index (Phi) is 4.55. The summed E-state index contributed by atoms with van der Waals surface area (Å²) < 4.78 is 5.36. The van der Waals surface area contributed by atoms with E-state index in [-0.39, 0.29) is 6.04 Å². The molecule has 0 unspecified atom stereocenters. The molecule has 0 aromatic carbocycles. The molecule has 3 heterocycles. The third kappa shape index (κ3) is 3.42. The van der Waals surface area contributed by atoms with Gasteiger partial charge in [-0.15, -0.1) is 0 Å². The highest BCUT2D eigenvalue weighted by atomic mass is 16.5. The highest BCUT2D eigenvalue weighted by molar-refractivity contribution is 5.62. The molecule has 0 spiro atoms.